The van der Waals surface area contributed by atoms with Crippen molar-refractivity contribution in [2.75, 3.05) is 26.7 Å². The topological polar surface area (TPSA) is 223 Å². The molecule has 3 aliphatic heterocycles. The number of ether oxygens (including phenoxy) is 3. The van der Waals surface area contributed by atoms with Crippen molar-refractivity contribution in [3.63, 3.8) is 0 Å². The van der Waals surface area contributed by atoms with Crippen molar-refractivity contribution in [2.45, 2.75) is 157 Å². The van der Waals surface area contributed by atoms with Crippen LogP contribution in [0.25, 0.3) is 10.9 Å². The lowest BCUT2D eigenvalue weighted by Gasteiger charge is -2.34. The van der Waals surface area contributed by atoms with E-state index in [9.17, 15) is 22.8 Å². The molecule has 1 aromatic heterocycles. The number of carboxylic acid groups (broad SMARTS) is 1. The predicted octanol–water partition coefficient (Wildman–Crippen LogP) is 5.00. The number of piperidine rings is 1. The Morgan fingerprint density at radius 2 is 1.70 bits per heavy atom. The maximum Gasteiger partial charge on any atom is 0.408 e. The van der Waals surface area contributed by atoms with Gasteiger partial charge < -0.3 is 39.8 Å². The zero-order valence-electron chi connectivity index (χ0n) is 38.2. The second-order valence-electron chi connectivity index (χ2n) is 19.9. The van der Waals surface area contributed by atoms with Crippen LogP contribution in [0.3, 0.4) is 0 Å². The average molecular weight is 935 g/mol. The number of alkyl carbamates (subject to hydrolysis) is 1. The fourth-order valence-corrected chi connectivity index (χ4v) is 11.9. The quantitative estimate of drug-likeness (QED) is 0.192. The third-order valence-corrected chi connectivity index (χ3v) is 17.2. The summed E-state index contributed by atoms with van der Waals surface area (Å²) in [5, 5.41) is 13.7. The number of nitrogens with zero attached hydrogens (tertiary/aromatic N) is 3. The van der Waals surface area contributed by atoms with Gasteiger partial charge in [0.1, 0.15) is 41.7 Å². The lowest BCUT2D eigenvalue weighted by Crippen LogP contribution is -2.59. The first kappa shape index (κ1) is 47.5. The minimum Gasteiger partial charge on any atom is -0.488 e. The fraction of sp³-hybridized carbons (Fsp3) is 0.667. The molecule has 18 heteroatoms. The molecule has 66 heavy (non-hydrogen) atoms. The summed E-state index contributed by atoms with van der Waals surface area (Å²) in [5.41, 5.74) is 0.0152. The number of para-hydroxylation sites is 1. The molecule has 2 saturated heterocycles. The minimum absolute atomic E-state index is 0.00986. The van der Waals surface area contributed by atoms with E-state index in [2.05, 4.69) is 33.9 Å². The van der Waals surface area contributed by atoms with Crippen LogP contribution in [0.1, 0.15) is 115 Å². The number of likely N-dealkylation sites (tertiary alicyclic amines) is 1. The Morgan fingerprint density at radius 1 is 0.985 bits per heavy atom. The highest BCUT2D eigenvalue weighted by Crippen LogP contribution is 2.48. The Labute approximate surface area is 387 Å². The number of hydrogen-bond donors (Lipinski definition) is 4. The van der Waals surface area contributed by atoms with Gasteiger partial charge in [0.2, 0.25) is 27.7 Å². The van der Waals surface area contributed by atoms with E-state index in [1.54, 1.807) is 13.0 Å². The summed E-state index contributed by atoms with van der Waals surface area (Å²) in [7, 11) is -1.90. The summed E-state index contributed by atoms with van der Waals surface area (Å²) >= 11 is 0. The van der Waals surface area contributed by atoms with Crippen LogP contribution < -0.4 is 24.8 Å². The molecule has 6 fully saturated rings. The number of hydrogen-bond acceptors (Lipinski definition) is 12. The van der Waals surface area contributed by atoms with E-state index in [0.29, 0.717) is 30.7 Å². The summed E-state index contributed by atoms with van der Waals surface area (Å²) in [6.45, 7) is 7.03. The van der Waals surface area contributed by atoms with E-state index < -0.39 is 68.2 Å². The van der Waals surface area contributed by atoms with Crippen molar-refractivity contribution in [1.82, 2.24) is 30.1 Å². The molecular weight excluding hydrogens is 869 g/mol. The molecule has 0 spiro atoms. The summed E-state index contributed by atoms with van der Waals surface area (Å²) in [6, 6.07) is 5.83. The van der Waals surface area contributed by atoms with Crippen LogP contribution in [-0.4, -0.2) is 126 Å². The smallest absolute Gasteiger partial charge is 0.408 e. The number of rotatable bonds is 9. The van der Waals surface area contributed by atoms with E-state index in [4.69, 9.17) is 29.1 Å². The van der Waals surface area contributed by atoms with Crippen LogP contribution in [0.2, 0.25) is 0 Å². The van der Waals surface area contributed by atoms with Gasteiger partial charge in [-0.3, -0.25) is 23.9 Å². The second kappa shape index (κ2) is 19.7. The SMILES string of the molecule is C=C[C@@H]1C[C@]1(NC(=O)[C@@H]1C[C@@H]2CN1C(=O)[C@H](C1CCCCC1)NC(=O)O[C@@H]1C[C@H]1CCCCCc1c(nc3ccccc3c1OC1CCCN(C)C1)O2)C(=O)NS(=O)(=O)C1(C)CC1.O=CO. The van der Waals surface area contributed by atoms with Crippen molar-refractivity contribution < 1.29 is 51.7 Å². The van der Waals surface area contributed by atoms with Crippen LogP contribution in [0.4, 0.5) is 4.79 Å². The molecule has 2 bridgehead atoms. The van der Waals surface area contributed by atoms with Gasteiger partial charge in [-0.25, -0.2) is 18.2 Å². The third kappa shape index (κ3) is 10.3. The van der Waals surface area contributed by atoms with Crippen LogP contribution in [0.15, 0.2) is 36.9 Å². The van der Waals surface area contributed by atoms with Crippen molar-refractivity contribution >= 4 is 51.2 Å². The molecule has 8 atom stereocenters. The number of fused-ring (bicyclic) bond motifs is 5. The monoisotopic (exact) mass is 934 g/mol. The first-order valence-corrected chi connectivity index (χ1v) is 25.5. The summed E-state index contributed by atoms with van der Waals surface area (Å²) in [6.07, 6.45) is 12.5. The third-order valence-electron chi connectivity index (χ3n) is 15.1. The van der Waals surface area contributed by atoms with Gasteiger partial charge in [-0.2, -0.15) is 0 Å². The number of aromatic nitrogens is 1. The predicted molar refractivity (Wildman–Crippen MR) is 244 cm³/mol. The van der Waals surface area contributed by atoms with Crippen molar-refractivity contribution in [3.05, 3.63) is 42.5 Å². The first-order valence-electron chi connectivity index (χ1n) is 24.0. The van der Waals surface area contributed by atoms with Crippen LogP contribution in [-0.2, 0) is 40.4 Å². The Kier molecular flexibility index (Phi) is 14.2. The number of sulfonamides is 1. The molecule has 4 heterocycles. The van der Waals surface area contributed by atoms with Gasteiger partial charge in [-0.1, -0.05) is 50.3 Å². The Morgan fingerprint density at radius 3 is 2.39 bits per heavy atom. The van der Waals surface area contributed by atoms with Crippen molar-refractivity contribution in [1.29, 1.82) is 0 Å². The highest BCUT2D eigenvalue weighted by atomic mass is 32.2. The lowest BCUT2D eigenvalue weighted by atomic mass is 9.83. The highest BCUT2D eigenvalue weighted by molar-refractivity contribution is 7.91. The molecule has 4 saturated carbocycles. The number of carbonyl (C=O) groups excluding carboxylic acids is 4. The first-order chi connectivity index (χ1) is 31.7. The number of carbonyl (C=O) groups is 5. The number of nitrogens with one attached hydrogen (secondary N) is 3. The van der Waals surface area contributed by atoms with Gasteiger partial charge >= 0.3 is 6.09 Å². The van der Waals surface area contributed by atoms with Gasteiger partial charge in [0, 0.05) is 24.3 Å². The summed E-state index contributed by atoms with van der Waals surface area (Å²) in [4.78, 5) is 74.6. The lowest BCUT2D eigenvalue weighted by molar-refractivity contribution is -0.142. The van der Waals surface area contributed by atoms with E-state index in [1.807, 2.05) is 24.3 Å². The molecule has 4 aliphatic carbocycles. The summed E-state index contributed by atoms with van der Waals surface area (Å²) < 4.78 is 47.5. The van der Waals surface area contributed by atoms with Crippen LogP contribution in [0.5, 0.6) is 11.6 Å². The summed E-state index contributed by atoms with van der Waals surface area (Å²) in [5.74, 6) is -1.12. The van der Waals surface area contributed by atoms with Gasteiger partial charge in [-0.05, 0) is 115 Å². The Bertz CT molecular complexity index is 2280. The van der Waals surface area contributed by atoms with Gasteiger partial charge in [0.05, 0.1) is 22.4 Å². The number of amides is 4. The van der Waals surface area contributed by atoms with E-state index in [-0.39, 0.29) is 49.9 Å². The van der Waals surface area contributed by atoms with Crippen LogP contribution in [0, 0.1) is 17.8 Å². The van der Waals surface area contributed by atoms with Crippen LogP contribution >= 0.6 is 0 Å². The van der Waals surface area contributed by atoms with Crippen molar-refractivity contribution in [2.24, 2.45) is 17.8 Å². The standard InChI is InChI=1S/C47H64N6O9S.CH2O2/c1-4-31-26-47(31,44(56)51-63(58,59)46(2)21-22-46)50-41(54)37-25-33-28-53(37)43(55)39(29-14-7-5-8-15-29)49-45(57)62-38-24-30(38)16-9-6-10-19-35-40(60-32-17-13-23-52(3)27-32)34-18-11-12-20-36(34)48-42(35)61-33;2-1-3/h4,11-12,18,20,29-33,37-39H,1,5-10,13-17,19,21-28H2,2-3H3,(H,49,57)(H,50,54)(H,51,56);1H,(H,2,3)/t30-,31-,32?,33-,37+,38-,39+,47-;/m1./s1. The molecule has 0 radical (unpaired) electrons. The maximum absolute atomic E-state index is 15.1. The molecule has 1 unspecified atom stereocenters. The van der Waals surface area contributed by atoms with E-state index in [0.717, 1.165) is 107 Å². The molecule has 2 aromatic rings. The Balaban J connectivity index is 0.00000192. The fourth-order valence-electron chi connectivity index (χ4n) is 10.6. The van der Waals surface area contributed by atoms with E-state index in [1.165, 1.54) is 4.90 Å². The molecule has 17 nitrogen and oxygen atoms in total. The number of benzene rings is 1. The maximum atomic E-state index is 15.1. The zero-order valence-corrected chi connectivity index (χ0v) is 39.0. The van der Waals surface area contributed by atoms with Crippen molar-refractivity contribution in [3.8, 4) is 11.6 Å². The Hall–Kier alpha value is -4.97. The molecule has 9 rings (SSSR count). The molecule has 1 aromatic carbocycles. The largest absolute Gasteiger partial charge is 0.488 e. The zero-order chi connectivity index (χ0) is 46.8. The molecule has 4 amide bonds. The average Bonchev–Trinajstić information content (AvgIpc) is 4.26. The number of likely N-dealkylation sites (N-methyl/N-ethyl adjacent to an activating group) is 1. The molecule has 4 N–H and O–H groups in total. The normalized spacial score (nSPS) is 31.3. The highest BCUT2D eigenvalue weighted by Gasteiger charge is 2.63. The molecule has 360 valence electrons. The number of pyridine rings is 1. The molecular formula is C48H66N6O11S. The second-order valence-corrected chi connectivity index (χ2v) is 22.1. The molecule has 7 aliphatic rings. The van der Waals surface area contributed by atoms with Gasteiger partial charge in [0.15, 0.2) is 0 Å². The van der Waals surface area contributed by atoms with Gasteiger partial charge in [0.25, 0.3) is 12.4 Å². The van der Waals surface area contributed by atoms with Gasteiger partial charge in [-0.15, -0.1) is 6.58 Å². The van der Waals surface area contributed by atoms with E-state index >= 15 is 4.79 Å². The minimum atomic E-state index is -4.01.